The van der Waals surface area contributed by atoms with Crippen LogP contribution in [-0.2, 0) is 0 Å². The van der Waals surface area contributed by atoms with Gasteiger partial charge in [-0.15, -0.1) is 0 Å². The number of hydrogen-bond donors (Lipinski definition) is 1. The average Bonchev–Trinajstić information content (AvgIpc) is 2.56. The van der Waals surface area contributed by atoms with E-state index in [2.05, 4.69) is 11.2 Å². The van der Waals surface area contributed by atoms with Crippen LogP contribution < -0.4 is 4.74 Å². The van der Waals surface area contributed by atoms with Crippen LogP contribution in [0, 0.1) is 0 Å². The van der Waals surface area contributed by atoms with E-state index in [4.69, 9.17) is 9.94 Å². The normalized spacial score (nSPS) is 11.5. The first-order valence-corrected chi connectivity index (χ1v) is 6.75. The van der Waals surface area contributed by atoms with Gasteiger partial charge in [-0.2, -0.15) is 0 Å². The first kappa shape index (κ1) is 13.2. The van der Waals surface area contributed by atoms with Gasteiger partial charge in [0, 0.05) is 5.56 Å². The van der Waals surface area contributed by atoms with Crippen molar-refractivity contribution in [3.05, 3.63) is 78.4 Å². The third-order valence-electron chi connectivity index (χ3n) is 3.32. The minimum absolute atomic E-state index is 0.221. The van der Waals surface area contributed by atoms with Gasteiger partial charge in [-0.1, -0.05) is 65.8 Å². The van der Waals surface area contributed by atoms with Crippen molar-refractivity contribution in [3.63, 3.8) is 0 Å². The summed E-state index contributed by atoms with van der Waals surface area (Å²) in [4.78, 5) is 0. The lowest BCUT2D eigenvalue weighted by Crippen LogP contribution is -2.12. The van der Waals surface area contributed by atoms with Gasteiger partial charge in [0.2, 0.25) is 0 Å². The van der Waals surface area contributed by atoms with Crippen LogP contribution in [0.1, 0.15) is 5.56 Å². The van der Waals surface area contributed by atoms with Gasteiger partial charge < -0.3 is 9.94 Å². The topological polar surface area (TPSA) is 41.8 Å². The molecule has 0 bridgehead atoms. The minimum atomic E-state index is 0.221. The highest BCUT2D eigenvalue weighted by atomic mass is 16.5. The summed E-state index contributed by atoms with van der Waals surface area (Å²) in [5.41, 5.74) is 1.35. The molecule has 0 aliphatic heterocycles. The molecule has 0 radical (unpaired) electrons. The van der Waals surface area contributed by atoms with Crippen molar-refractivity contribution in [2.45, 2.75) is 0 Å². The highest BCUT2D eigenvalue weighted by molar-refractivity contribution is 6.01. The second-order valence-electron chi connectivity index (χ2n) is 4.71. The van der Waals surface area contributed by atoms with E-state index in [0.717, 1.165) is 16.7 Å². The lowest BCUT2D eigenvalue weighted by molar-refractivity contribution is 0.308. The van der Waals surface area contributed by atoms with Gasteiger partial charge in [0.05, 0.1) is 0 Å². The number of fused-ring (bicyclic) bond motifs is 1. The molecule has 0 unspecified atom stereocenters. The summed E-state index contributed by atoms with van der Waals surface area (Å²) in [6.07, 6.45) is 0. The van der Waals surface area contributed by atoms with Gasteiger partial charge in [-0.3, -0.25) is 0 Å². The molecular formula is C18H15NO2. The molecule has 0 saturated carbocycles. The Kier molecular flexibility index (Phi) is 3.83. The number of rotatable bonds is 4. The first-order valence-electron chi connectivity index (χ1n) is 6.75. The highest BCUT2D eigenvalue weighted by Gasteiger charge is 2.05. The van der Waals surface area contributed by atoms with Gasteiger partial charge in [0.1, 0.15) is 18.1 Å². The van der Waals surface area contributed by atoms with Crippen molar-refractivity contribution in [2.75, 3.05) is 6.61 Å². The van der Waals surface area contributed by atoms with E-state index in [1.54, 1.807) is 0 Å². The Morgan fingerprint density at radius 2 is 1.57 bits per heavy atom. The zero-order chi connectivity index (χ0) is 14.5. The van der Waals surface area contributed by atoms with E-state index >= 15 is 0 Å². The Bertz CT molecular complexity index is 766. The zero-order valence-electron chi connectivity index (χ0n) is 11.4. The Morgan fingerprint density at radius 3 is 2.33 bits per heavy atom. The molecule has 0 fully saturated rings. The summed E-state index contributed by atoms with van der Waals surface area (Å²) in [5, 5.41) is 14.8. The second kappa shape index (κ2) is 6.09. The quantitative estimate of drug-likeness (QED) is 0.443. The Hall–Kier alpha value is -2.81. The maximum absolute atomic E-state index is 9.14. The van der Waals surface area contributed by atoms with E-state index in [0.29, 0.717) is 5.71 Å². The van der Waals surface area contributed by atoms with Crippen LogP contribution in [0.5, 0.6) is 5.75 Å². The molecule has 0 heterocycles. The fourth-order valence-electron chi connectivity index (χ4n) is 2.21. The summed E-state index contributed by atoms with van der Waals surface area (Å²) in [6, 6.07) is 23.5. The molecule has 21 heavy (non-hydrogen) atoms. The maximum Gasteiger partial charge on any atom is 0.134 e. The van der Waals surface area contributed by atoms with Crippen molar-refractivity contribution in [3.8, 4) is 5.75 Å². The van der Waals surface area contributed by atoms with E-state index in [9.17, 15) is 0 Å². The number of benzene rings is 3. The molecular weight excluding hydrogens is 262 g/mol. The fraction of sp³-hybridized carbons (Fsp3) is 0.0556. The molecule has 3 aromatic rings. The van der Waals surface area contributed by atoms with Crippen LogP contribution in [-0.4, -0.2) is 17.5 Å². The van der Waals surface area contributed by atoms with Gasteiger partial charge in [-0.25, -0.2) is 0 Å². The molecule has 0 aliphatic carbocycles. The van der Waals surface area contributed by atoms with Gasteiger partial charge >= 0.3 is 0 Å². The van der Waals surface area contributed by atoms with E-state index in [1.165, 1.54) is 5.39 Å². The van der Waals surface area contributed by atoms with E-state index in [1.807, 2.05) is 66.7 Å². The lowest BCUT2D eigenvalue weighted by Gasteiger charge is -2.08. The van der Waals surface area contributed by atoms with E-state index < -0.39 is 0 Å². The minimum Gasteiger partial charge on any atom is -0.487 e. The summed E-state index contributed by atoms with van der Waals surface area (Å²) in [6.45, 7) is 0.221. The standard InChI is InChI=1S/C18H15NO2/c20-19-18(15-7-2-1-3-8-15)13-21-17-11-10-14-6-4-5-9-16(14)12-17/h1-12,20H,13H2/b19-18+. The van der Waals surface area contributed by atoms with Crippen LogP contribution in [0.2, 0.25) is 0 Å². The molecule has 3 aromatic carbocycles. The third-order valence-corrected chi connectivity index (χ3v) is 3.32. The molecule has 0 aromatic heterocycles. The third kappa shape index (κ3) is 3.03. The summed E-state index contributed by atoms with van der Waals surface area (Å²) in [5.74, 6) is 0.755. The average molecular weight is 277 g/mol. The van der Waals surface area contributed by atoms with Crippen LogP contribution in [0.25, 0.3) is 10.8 Å². The van der Waals surface area contributed by atoms with Crippen LogP contribution in [0.4, 0.5) is 0 Å². The molecule has 0 saturated heterocycles. The molecule has 1 N–H and O–H groups in total. The number of hydrogen-bond acceptors (Lipinski definition) is 3. The Morgan fingerprint density at radius 1 is 0.857 bits per heavy atom. The Balaban J connectivity index is 1.76. The number of nitrogens with zero attached hydrogens (tertiary/aromatic N) is 1. The molecule has 104 valence electrons. The van der Waals surface area contributed by atoms with Crippen molar-refractivity contribution in [1.82, 2.24) is 0 Å². The molecule has 3 rings (SSSR count). The fourth-order valence-corrected chi connectivity index (χ4v) is 2.21. The lowest BCUT2D eigenvalue weighted by atomic mass is 10.1. The molecule has 0 aliphatic rings. The smallest absolute Gasteiger partial charge is 0.134 e. The van der Waals surface area contributed by atoms with Gasteiger partial charge in [0.15, 0.2) is 0 Å². The molecule has 3 nitrogen and oxygen atoms in total. The molecule has 0 amide bonds. The largest absolute Gasteiger partial charge is 0.487 e. The zero-order valence-corrected chi connectivity index (χ0v) is 11.4. The van der Waals surface area contributed by atoms with Crippen LogP contribution in [0.15, 0.2) is 78.0 Å². The highest BCUT2D eigenvalue weighted by Crippen LogP contribution is 2.20. The number of ether oxygens (including phenoxy) is 1. The van der Waals surface area contributed by atoms with E-state index in [-0.39, 0.29) is 6.61 Å². The van der Waals surface area contributed by atoms with Crippen molar-refractivity contribution >= 4 is 16.5 Å². The van der Waals surface area contributed by atoms with Crippen molar-refractivity contribution < 1.29 is 9.94 Å². The van der Waals surface area contributed by atoms with Crippen LogP contribution >= 0.6 is 0 Å². The summed E-state index contributed by atoms with van der Waals surface area (Å²) >= 11 is 0. The first-order chi connectivity index (χ1) is 10.4. The predicted molar refractivity (Wildman–Crippen MR) is 84.2 cm³/mol. The summed E-state index contributed by atoms with van der Waals surface area (Å²) in [7, 11) is 0. The predicted octanol–water partition coefficient (Wildman–Crippen LogP) is 4.10. The SMILES string of the molecule is O/N=C(\COc1ccc2ccccc2c1)c1ccccc1. The summed E-state index contributed by atoms with van der Waals surface area (Å²) < 4.78 is 5.73. The van der Waals surface area contributed by atoms with Crippen LogP contribution in [0.3, 0.4) is 0 Å². The molecule has 3 heteroatoms. The number of oxime groups is 1. The second-order valence-corrected chi connectivity index (χ2v) is 4.71. The maximum atomic E-state index is 9.14. The Labute approximate surface area is 123 Å². The van der Waals surface area contributed by atoms with Crippen molar-refractivity contribution in [2.24, 2.45) is 5.16 Å². The van der Waals surface area contributed by atoms with Gasteiger partial charge in [0.25, 0.3) is 0 Å². The molecule has 0 atom stereocenters. The van der Waals surface area contributed by atoms with Gasteiger partial charge in [-0.05, 0) is 22.9 Å². The monoisotopic (exact) mass is 277 g/mol. The van der Waals surface area contributed by atoms with Crippen molar-refractivity contribution in [1.29, 1.82) is 0 Å². The molecule has 0 spiro atoms.